The molecule has 0 spiro atoms. The molecule has 3 N–H and O–H groups in total. The summed E-state index contributed by atoms with van der Waals surface area (Å²) in [7, 11) is 0. The van der Waals surface area contributed by atoms with E-state index < -0.39 is 6.04 Å². The molecule has 16 heavy (non-hydrogen) atoms. The SMILES string of the molecule is Cc1ncccc1NC(=O)C(N)CC(C)C. The van der Waals surface area contributed by atoms with Gasteiger partial charge in [-0.05, 0) is 31.4 Å². The number of aromatic nitrogens is 1. The lowest BCUT2D eigenvalue weighted by Crippen LogP contribution is -2.36. The molecule has 0 aliphatic rings. The predicted octanol–water partition coefficient (Wildman–Crippen LogP) is 1.70. The van der Waals surface area contributed by atoms with Crippen LogP contribution in [0, 0.1) is 12.8 Å². The number of nitrogens with two attached hydrogens (primary N) is 1. The van der Waals surface area contributed by atoms with Crippen LogP contribution in [0.2, 0.25) is 0 Å². The van der Waals surface area contributed by atoms with Crippen molar-refractivity contribution in [2.45, 2.75) is 33.2 Å². The smallest absolute Gasteiger partial charge is 0.241 e. The number of aryl methyl sites for hydroxylation is 1. The molecule has 1 rings (SSSR count). The summed E-state index contributed by atoms with van der Waals surface area (Å²) < 4.78 is 0. The maximum absolute atomic E-state index is 11.7. The van der Waals surface area contributed by atoms with Crippen molar-refractivity contribution in [3.8, 4) is 0 Å². The van der Waals surface area contributed by atoms with Crippen LogP contribution in [-0.4, -0.2) is 16.9 Å². The largest absolute Gasteiger partial charge is 0.323 e. The van der Waals surface area contributed by atoms with Gasteiger partial charge in [0.25, 0.3) is 0 Å². The molecule has 1 unspecified atom stereocenters. The number of rotatable bonds is 4. The highest BCUT2D eigenvalue weighted by Crippen LogP contribution is 2.11. The van der Waals surface area contributed by atoms with E-state index in [1.165, 1.54) is 0 Å². The van der Waals surface area contributed by atoms with Crippen LogP contribution in [0.1, 0.15) is 26.0 Å². The van der Waals surface area contributed by atoms with Crippen LogP contribution in [0.3, 0.4) is 0 Å². The summed E-state index contributed by atoms with van der Waals surface area (Å²) in [6, 6.07) is 3.15. The second-order valence-electron chi connectivity index (χ2n) is 4.36. The van der Waals surface area contributed by atoms with Crippen molar-refractivity contribution < 1.29 is 4.79 Å². The molecule has 0 aliphatic heterocycles. The highest BCUT2D eigenvalue weighted by atomic mass is 16.2. The summed E-state index contributed by atoms with van der Waals surface area (Å²) in [5.41, 5.74) is 7.31. The normalized spacial score (nSPS) is 12.6. The number of nitrogens with zero attached hydrogens (tertiary/aromatic N) is 1. The van der Waals surface area contributed by atoms with Gasteiger partial charge in [-0.3, -0.25) is 9.78 Å². The average Bonchev–Trinajstić information content (AvgIpc) is 2.20. The first kappa shape index (κ1) is 12.6. The zero-order chi connectivity index (χ0) is 12.1. The molecule has 1 atom stereocenters. The van der Waals surface area contributed by atoms with Crippen molar-refractivity contribution in [1.29, 1.82) is 0 Å². The zero-order valence-electron chi connectivity index (χ0n) is 10.0. The molecule has 0 saturated carbocycles. The lowest BCUT2D eigenvalue weighted by molar-refractivity contribution is -0.117. The first-order valence-corrected chi connectivity index (χ1v) is 5.48. The van der Waals surface area contributed by atoms with Gasteiger partial charge in [-0.1, -0.05) is 13.8 Å². The summed E-state index contributed by atoms with van der Waals surface area (Å²) in [6.45, 7) is 5.94. The number of nitrogens with one attached hydrogen (secondary N) is 1. The van der Waals surface area contributed by atoms with Gasteiger partial charge in [0.15, 0.2) is 0 Å². The maximum Gasteiger partial charge on any atom is 0.241 e. The van der Waals surface area contributed by atoms with Crippen LogP contribution < -0.4 is 11.1 Å². The third kappa shape index (κ3) is 3.62. The Morgan fingerprint density at radius 3 is 2.81 bits per heavy atom. The number of anilines is 1. The monoisotopic (exact) mass is 221 g/mol. The molecule has 0 aromatic carbocycles. The second-order valence-corrected chi connectivity index (χ2v) is 4.36. The lowest BCUT2D eigenvalue weighted by Gasteiger charge is -2.14. The maximum atomic E-state index is 11.7. The highest BCUT2D eigenvalue weighted by molar-refractivity contribution is 5.95. The lowest BCUT2D eigenvalue weighted by atomic mass is 10.0. The van der Waals surface area contributed by atoms with Gasteiger partial charge < -0.3 is 11.1 Å². The molecule has 1 amide bonds. The minimum atomic E-state index is -0.459. The molecule has 0 aliphatic carbocycles. The molecule has 4 heteroatoms. The number of carbonyl (C=O) groups excluding carboxylic acids is 1. The summed E-state index contributed by atoms with van der Waals surface area (Å²) in [5, 5.41) is 2.79. The number of pyridine rings is 1. The first-order valence-electron chi connectivity index (χ1n) is 5.48. The van der Waals surface area contributed by atoms with Crippen LogP contribution in [0.5, 0.6) is 0 Å². The third-order valence-electron chi connectivity index (χ3n) is 2.33. The van der Waals surface area contributed by atoms with Gasteiger partial charge in [-0.25, -0.2) is 0 Å². The number of amides is 1. The molecular formula is C12H19N3O. The Morgan fingerprint density at radius 1 is 1.56 bits per heavy atom. The second kappa shape index (κ2) is 5.61. The van der Waals surface area contributed by atoms with E-state index in [-0.39, 0.29) is 5.91 Å². The van der Waals surface area contributed by atoms with Crippen molar-refractivity contribution in [2.24, 2.45) is 11.7 Å². The van der Waals surface area contributed by atoms with Gasteiger partial charge in [0.05, 0.1) is 17.4 Å². The van der Waals surface area contributed by atoms with E-state index in [2.05, 4.69) is 10.3 Å². The van der Waals surface area contributed by atoms with Crippen LogP contribution in [0.25, 0.3) is 0 Å². The third-order valence-corrected chi connectivity index (χ3v) is 2.33. The van der Waals surface area contributed by atoms with Crippen LogP contribution in [0.4, 0.5) is 5.69 Å². The summed E-state index contributed by atoms with van der Waals surface area (Å²) in [6.07, 6.45) is 2.38. The minimum Gasteiger partial charge on any atom is -0.323 e. The molecule has 0 radical (unpaired) electrons. The predicted molar refractivity (Wildman–Crippen MR) is 65.0 cm³/mol. The van der Waals surface area contributed by atoms with Gasteiger partial charge >= 0.3 is 0 Å². The Hall–Kier alpha value is -1.42. The summed E-state index contributed by atoms with van der Waals surface area (Å²) >= 11 is 0. The van der Waals surface area contributed by atoms with Crippen molar-refractivity contribution in [1.82, 2.24) is 4.98 Å². The van der Waals surface area contributed by atoms with E-state index in [1.807, 2.05) is 26.8 Å². The topological polar surface area (TPSA) is 68.0 Å². The number of hydrogen-bond acceptors (Lipinski definition) is 3. The Balaban J connectivity index is 2.61. The molecule has 1 aromatic rings. The van der Waals surface area contributed by atoms with E-state index in [0.29, 0.717) is 12.3 Å². The molecule has 88 valence electrons. The first-order chi connectivity index (χ1) is 7.50. The molecule has 4 nitrogen and oxygen atoms in total. The van der Waals surface area contributed by atoms with Gasteiger partial charge in [0.2, 0.25) is 5.91 Å². The fraction of sp³-hybridized carbons (Fsp3) is 0.500. The fourth-order valence-electron chi connectivity index (χ4n) is 1.46. The standard InChI is InChI=1S/C12H19N3O/c1-8(2)7-10(13)12(16)15-11-5-4-6-14-9(11)3/h4-6,8,10H,7,13H2,1-3H3,(H,15,16). The van der Waals surface area contributed by atoms with Gasteiger partial charge in [-0.2, -0.15) is 0 Å². The Labute approximate surface area is 96.3 Å². The molecule has 0 saturated heterocycles. The Morgan fingerprint density at radius 2 is 2.25 bits per heavy atom. The van der Waals surface area contributed by atoms with E-state index >= 15 is 0 Å². The van der Waals surface area contributed by atoms with Crippen LogP contribution >= 0.6 is 0 Å². The van der Waals surface area contributed by atoms with Gasteiger partial charge in [0, 0.05) is 6.20 Å². The summed E-state index contributed by atoms with van der Waals surface area (Å²) in [4.78, 5) is 15.8. The molecule has 0 fully saturated rings. The number of hydrogen-bond donors (Lipinski definition) is 2. The fourth-order valence-corrected chi connectivity index (χ4v) is 1.46. The minimum absolute atomic E-state index is 0.148. The van der Waals surface area contributed by atoms with Crippen molar-refractivity contribution >= 4 is 11.6 Å². The Kier molecular flexibility index (Phi) is 4.43. The van der Waals surface area contributed by atoms with Crippen molar-refractivity contribution in [3.63, 3.8) is 0 Å². The van der Waals surface area contributed by atoms with E-state index in [9.17, 15) is 4.79 Å². The van der Waals surface area contributed by atoms with Gasteiger partial charge in [0.1, 0.15) is 0 Å². The van der Waals surface area contributed by atoms with Crippen LogP contribution in [-0.2, 0) is 4.79 Å². The van der Waals surface area contributed by atoms with E-state index in [1.54, 1.807) is 12.3 Å². The van der Waals surface area contributed by atoms with Crippen LogP contribution in [0.15, 0.2) is 18.3 Å². The Bertz CT molecular complexity index is 363. The highest BCUT2D eigenvalue weighted by Gasteiger charge is 2.15. The summed E-state index contributed by atoms with van der Waals surface area (Å²) in [5.74, 6) is 0.264. The van der Waals surface area contributed by atoms with Crippen molar-refractivity contribution in [2.75, 3.05) is 5.32 Å². The molecular weight excluding hydrogens is 202 g/mol. The van der Waals surface area contributed by atoms with Gasteiger partial charge in [-0.15, -0.1) is 0 Å². The molecule has 1 heterocycles. The zero-order valence-corrected chi connectivity index (χ0v) is 10.0. The number of carbonyl (C=O) groups is 1. The average molecular weight is 221 g/mol. The molecule has 1 aromatic heterocycles. The van der Waals surface area contributed by atoms with E-state index in [4.69, 9.17) is 5.73 Å². The quantitative estimate of drug-likeness (QED) is 0.813. The molecule has 0 bridgehead atoms. The van der Waals surface area contributed by atoms with E-state index in [0.717, 1.165) is 11.4 Å². The van der Waals surface area contributed by atoms with Crippen molar-refractivity contribution in [3.05, 3.63) is 24.0 Å².